The van der Waals surface area contributed by atoms with Crippen molar-refractivity contribution in [2.75, 3.05) is 0 Å². The molecule has 0 bridgehead atoms. The quantitative estimate of drug-likeness (QED) is 0.349. The van der Waals surface area contributed by atoms with Crippen LogP contribution in [0.3, 0.4) is 0 Å². The molecule has 26 heavy (non-hydrogen) atoms. The third-order valence-electron chi connectivity index (χ3n) is 5.39. The maximum absolute atomic E-state index is 12.7. The van der Waals surface area contributed by atoms with Crippen LogP contribution in [0.15, 0.2) is 60.7 Å². The smallest absolute Gasteiger partial charge is 0.174 e. The van der Waals surface area contributed by atoms with Gasteiger partial charge in [-0.05, 0) is 41.9 Å². The van der Waals surface area contributed by atoms with E-state index in [-0.39, 0.29) is 5.41 Å². The summed E-state index contributed by atoms with van der Waals surface area (Å²) >= 11 is 0. The minimum atomic E-state index is -1.56. The van der Waals surface area contributed by atoms with Gasteiger partial charge in [-0.15, -0.1) is 0 Å². The van der Waals surface area contributed by atoms with Gasteiger partial charge >= 0.3 is 0 Å². The van der Waals surface area contributed by atoms with Crippen LogP contribution in [0.1, 0.15) is 76.7 Å². The second-order valence-electron chi connectivity index (χ2n) is 7.49. The molecule has 1 aromatic carbocycles. The highest BCUT2D eigenvalue weighted by Gasteiger charge is 2.27. The second-order valence-corrected chi connectivity index (χ2v) is 7.49. The van der Waals surface area contributed by atoms with Gasteiger partial charge in [0.1, 0.15) is 0 Å². The molecule has 0 saturated heterocycles. The van der Waals surface area contributed by atoms with Gasteiger partial charge in [-0.1, -0.05) is 100 Å². The molecule has 0 spiro atoms. The minimum absolute atomic E-state index is 0.148. The average molecular weight is 359 g/mol. The van der Waals surface area contributed by atoms with Crippen LogP contribution in [0.5, 0.6) is 0 Å². The predicted molar refractivity (Wildman–Crippen MR) is 108 cm³/mol. The molecule has 0 radical (unpaired) electrons. The van der Waals surface area contributed by atoms with Crippen molar-refractivity contribution in [3.8, 4) is 0 Å². The van der Waals surface area contributed by atoms with E-state index in [2.05, 4.69) is 37.3 Å². The van der Waals surface area contributed by atoms with Crippen LogP contribution in [0, 0.1) is 5.41 Å². The third kappa shape index (κ3) is 6.90. The Labute approximate surface area is 157 Å². The topological polar surface area (TPSA) is 0 Å². The molecule has 1 aliphatic rings. The zero-order valence-electron chi connectivity index (χ0n) is 16.0. The molecular formula is C24H32F2. The number of rotatable bonds is 11. The molecule has 1 aromatic rings. The minimum Gasteiger partial charge on any atom is -0.174 e. The number of allylic oxidation sites excluding steroid dienone is 5. The Bertz CT molecular complexity index is 608. The van der Waals surface area contributed by atoms with E-state index < -0.39 is 6.08 Å². The molecule has 1 atom stereocenters. The van der Waals surface area contributed by atoms with E-state index in [1.54, 1.807) is 0 Å². The first-order valence-electron chi connectivity index (χ1n) is 10.1. The average Bonchev–Trinajstić information content (AvgIpc) is 2.67. The molecule has 0 saturated carbocycles. The lowest BCUT2D eigenvalue weighted by Gasteiger charge is -2.31. The summed E-state index contributed by atoms with van der Waals surface area (Å²) in [6.07, 6.45) is 17.1. The first-order chi connectivity index (χ1) is 12.7. The fraction of sp³-hybridized carbons (Fsp3) is 0.500. The predicted octanol–water partition coefficient (Wildman–Crippen LogP) is 8.33. The zero-order chi connectivity index (χ0) is 18.7. The van der Waals surface area contributed by atoms with E-state index in [4.69, 9.17) is 0 Å². The SMILES string of the molecule is CCCCCCCCCC1(CC=C(F)F)C=CC(c2ccccc2)=CC1. The van der Waals surface area contributed by atoms with E-state index >= 15 is 0 Å². The Balaban J connectivity index is 1.91. The van der Waals surface area contributed by atoms with E-state index in [0.717, 1.165) is 25.3 Å². The van der Waals surface area contributed by atoms with Gasteiger partial charge in [0.2, 0.25) is 0 Å². The van der Waals surface area contributed by atoms with Gasteiger partial charge in [0.15, 0.2) is 0 Å². The van der Waals surface area contributed by atoms with Crippen molar-refractivity contribution in [2.45, 2.75) is 71.1 Å². The highest BCUT2D eigenvalue weighted by molar-refractivity contribution is 5.75. The Kier molecular flexibility index (Phi) is 8.80. The molecule has 0 heterocycles. The molecule has 2 heteroatoms. The van der Waals surface area contributed by atoms with Crippen LogP contribution < -0.4 is 0 Å². The van der Waals surface area contributed by atoms with E-state index in [0.29, 0.717) is 6.42 Å². The van der Waals surface area contributed by atoms with E-state index in [1.807, 2.05) is 18.2 Å². The lowest BCUT2D eigenvalue weighted by Crippen LogP contribution is -2.19. The molecule has 0 N–H and O–H groups in total. The highest BCUT2D eigenvalue weighted by atomic mass is 19.3. The Morgan fingerprint density at radius 2 is 1.69 bits per heavy atom. The number of halogens is 2. The van der Waals surface area contributed by atoms with Gasteiger partial charge in [-0.25, -0.2) is 0 Å². The first kappa shape index (κ1) is 20.6. The maximum Gasteiger partial charge on any atom is 0.266 e. The van der Waals surface area contributed by atoms with Crippen LogP contribution in [0.4, 0.5) is 8.78 Å². The fourth-order valence-electron chi connectivity index (χ4n) is 3.71. The van der Waals surface area contributed by atoms with Crippen LogP contribution in [-0.4, -0.2) is 0 Å². The summed E-state index contributed by atoms with van der Waals surface area (Å²) in [4.78, 5) is 0. The molecule has 2 rings (SSSR count). The van der Waals surface area contributed by atoms with Crippen LogP contribution in [0.2, 0.25) is 0 Å². The molecule has 0 amide bonds. The summed E-state index contributed by atoms with van der Waals surface area (Å²) in [7, 11) is 0. The summed E-state index contributed by atoms with van der Waals surface area (Å²) in [5.74, 6) is 0. The summed E-state index contributed by atoms with van der Waals surface area (Å²) < 4.78 is 25.4. The van der Waals surface area contributed by atoms with Gasteiger partial charge in [0.05, 0.1) is 0 Å². The molecule has 0 aromatic heterocycles. The number of benzene rings is 1. The molecule has 0 fully saturated rings. The van der Waals surface area contributed by atoms with Gasteiger partial charge < -0.3 is 0 Å². The molecule has 0 aliphatic heterocycles. The zero-order valence-corrected chi connectivity index (χ0v) is 16.0. The van der Waals surface area contributed by atoms with Gasteiger partial charge in [-0.2, -0.15) is 8.78 Å². The van der Waals surface area contributed by atoms with Crippen molar-refractivity contribution in [1.29, 1.82) is 0 Å². The van der Waals surface area contributed by atoms with Crippen molar-refractivity contribution < 1.29 is 8.78 Å². The van der Waals surface area contributed by atoms with Crippen molar-refractivity contribution in [1.82, 2.24) is 0 Å². The summed E-state index contributed by atoms with van der Waals surface area (Å²) in [5.41, 5.74) is 2.25. The van der Waals surface area contributed by atoms with Crippen molar-refractivity contribution in [2.24, 2.45) is 5.41 Å². The number of unbranched alkanes of at least 4 members (excludes halogenated alkanes) is 6. The van der Waals surface area contributed by atoms with E-state index in [9.17, 15) is 8.78 Å². The molecule has 142 valence electrons. The second kappa shape index (κ2) is 11.1. The number of hydrogen-bond donors (Lipinski definition) is 0. The summed E-state index contributed by atoms with van der Waals surface area (Å²) in [5, 5.41) is 0. The standard InChI is InChI=1S/C24H32F2/c1-2-3-4-5-6-7-11-17-24(20-16-23(25)26)18-14-22(15-19-24)21-12-9-8-10-13-21/h8-10,12-16,18H,2-7,11,17,19-20H2,1H3. The van der Waals surface area contributed by atoms with Crippen LogP contribution in [-0.2, 0) is 0 Å². The monoisotopic (exact) mass is 358 g/mol. The molecule has 1 aliphatic carbocycles. The third-order valence-corrected chi connectivity index (χ3v) is 5.39. The lowest BCUT2D eigenvalue weighted by molar-refractivity contribution is 0.328. The Hall–Kier alpha value is -1.70. The molecule has 0 nitrogen and oxygen atoms in total. The largest absolute Gasteiger partial charge is 0.266 e. The first-order valence-corrected chi connectivity index (χ1v) is 10.1. The van der Waals surface area contributed by atoms with Gasteiger partial charge in [0, 0.05) is 0 Å². The number of hydrogen-bond acceptors (Lipinski definition) is 0. The summed E-state index contributed by atoms with van der Waals surface area (Å²) in [6.45, 7) is 2.23. The molecular weight excluding hydrogens is 326 g/mol. The van der Waals surface area contributed by atoms with Gasteiger partial charge in [-0.3, -0.25) is 0 Å². The Morgan fingerprint density at radius 3 is 2.31 bits per heavy atom. The highest BCUT2D eigenvalue weighted by Crippen LogP contribution is 2.41. The summed E-state index contributed by atoms with van der Waals surface area (Å²) in [6, 6.07) is 10.3. The van der Waals surface area contributed by atoms with Gasteiger partial charge in [0.25, 0.3) is 6.08 Å². The normalized spacial score (nSPS) is 19.3. The maximum atomic E-state index is 12.7. The van der Waals surface area contributed by atoms with E-state index in [1.165, 1.54) is 49.7 Å². The van der Waals surface area contributed by atoms with Crippen LogP contribution >= 0.6 is 0 Å². The Morgan fingerprint density at radius 1 is 1.00 bits per heavy atom. The lowest BCUT2D eigenvalue weighted by atomic mass is 9.73. The molecule has 1 unspecified atom stereocenters. The van der Waals surface area contributed by atoms with Crippen molar-refractivity contribution in [3.63, 3.8) is 0 Å². The van der Waals surface area contributed by atoms with Crippen LogP contribution in [0.25, 0.3) is 5.57 Å². The van der Waals surface area contributed by atoms with Crippen molar-refractivity contribution in [3.05, 3.63) is 66.3 Å². The van der Waals surface area contributed by atoms with Crippen molar-refractivity contribution >= 4 is 5.57 Å². The fourth-order valence-corrected chi connectivity index (χ4v) is 3.71.